The van der Waals surface area contributed by atoms with Gasteiger partial charge in [-0.3, -0.25) is 9.00 Å². The van der Waals surface area contributed by atoms with Gasteiger partial charge in [0.1, 0.15) is 5.75 Å². The number of benzene rings is 1. The molecule has 2 aromatic rings. The van der Waals surface area contributed by atoms with Crippen LogP contribution in [0.25, 0.3) is 0 Å². The normalized spacial score (nSPS) is 29.5. The summed E-state index contributed by atoms with van der Waals surface area (Å²) in [6, 6.07) is 7.69. The number of Topliss-reactive ketones (excluding diaryl/α,β-unsaturated/α-hetero) is 1. The average molecular weight is 704 g/mol. The quantitative estimate of drug-likeness (QED) is 0.246. The van der Waals surface area contributed by atoms with Gasteiger partial charge in [-0.15, -0.1) is 11.3 Å². The van der Waals surface area contributed by atoms with Crippen molar-refractivity contribution in [1.29, 1.82) is 0 Å². The second kappa shape index (κ2) is 13.1. The van der Waals surface area contributed by atoms with Gasteiger partial charge < -0.3 is 9.64 Å². The zero-order valence-corrected chi connectivity index (χ0v) is 27.8. The third-order valence-electron chi connectivity index (χ3n) is 11.1. The predicted octanol–water partition coefficient (Wildman–Crippen LogP) is 8.41. The van der Waals surface area contributed by atoms with Gasteiger partial charge in [0, 0.05) is 45.6 Å². The molecule has 47 heavy (non-hydrogen) atoms. The van der Waals surface area contributed by atoms with Gasteiger partial charge in [0.2, 0.25) is 0 Å². The van der Waals surface area contributed by atoms with Crippen molar-refractivity contribution in [2.24, 2.45) is 23.2 Å². The van der Waals surface area contributed by atoms with Crippen LogP contribution in [0, 0.1) is 23.2 Å². The van der Waals surface area contributed by atoms with Crippen molar-refractivity contribution in [3.63, 3.8) is 0 Å². The maximum absolute atomic E-state index is 14.9. The number of halogens is 6. The lowest BCUT2D eigenvalue weighted by Crippen LogP contribution is -2.46. The van der Waals surface area contributed by atoms with Gasteiger partial charge >= 0.3 is 18.2 Å². The Morgan fingerprint density at radius 1 is 1.13 bits per heavy atom. The number of amides is 1. The van der Waals surface area contributed by atoms with Gasteiger partial charge in [0.25, 0.3) is 0 Å². The molecule has 6 rings (SSSR count). The molecule has 2 unspecified atom stereocenters. The molecule has 1 aromatic carbocycles. The van der Waals surface area contributed by atoms with Gasteiger partial charge in [-0.1, -0.05) is 13.0 Å². The molecule has 13 heteroatoms. The van der Waals surface area contributed by atoms with Crippen LogP contribution in [0.4, 0.5) is 31.1 Å². The number of rotatable bonds is 9. The first-order valence-corrected chi connectivity index (χ1v) is 18.7. The van der Waals surface area contributed by atoms with Gasteiger partial charge in [0.05, 0.1) is 6.54 Å². The Bertz CT molecular complexity index is 1530. The van der Waals surface area contributed by atoms with E-state index in [-0.39, 0.29) is 47.4 Å². The van der Waals surface area contributed by atoms with Crippen LogP contribution in [0.1, 0.15) is 79.4 Å². The highest BCUT2D eigenvalue weighted by molar-refractivity contribution is 7.84. The SMILES string of the molecule is C[C@]12CC[C@@H]3c4ccc(OC(=O)N5CCc6sccc6C5)cc4C[C@@H](CCCS(=O)CCCC(F)(F)C(F)(F)F)[C@H]3[C@@H]1CC(F)C2=O. The van der Waals surface area contributed by atoms with Crippen molar-refractivity contribution >= 4 is 34.0 Å². The molecular formula is C34H39F6NO4S2. The molecule has 5 nitrogen and oxygen atoms in total. The molecule has 1 amide bonds. The number of thiophene rings is 1. The standard InChI is InChI=1S/C34H39F6NO4S2/c1-32-11-7-25-24-6-5-23(45-31(43)41-12-8-28-21(19-41)9-13-46-28)17-22(24)16-20(29(25)26(32)18-27(35)30(32)42)4-2-14-47(44)15-3-10-33(36,37)34(38,39)40/h5-6,9,13,17,20,25-27,29H,2-4,7-8,10-12,14-16,18-19H2,1H3/t20-,25-,26+,27?,29-,32+,47?/m1/s1. The van der Waals surface area contributed by atoms with Crippen LogP contribution in [-0.2, 0) is 35.0 Å². The number of hydrogen-bond donors (Lipinski definition) is 0. The minimum Gasteiger partial charge on any atom is -0.410 e. The average Bonchev–Trinajstić information content (AvgIpc) is 3.57. The maximum Gasteiger partial charge on any atom is 0.453 e. The van der Waals surface area contributed by atoms with Crippen molar-refractivity contribution in [2.75, 3.05) is 18.1 Å². The number of ether oxygens (including phenoxy) is 1. The first-order valence-electron chi connectivity index (χ1n) is 16.3. The maximum atomic E-state index is 14.9. The van der Waals surface area contributed by atoms with Crippen molar-refractivity contribution in [3.8, 4) is 5.75 Å². The van der Waals surface area contributed by atoms with E-state index >= 15 is 0 Å². The zero-order valence-electron chi connectivity index (χ0n) is 26.1. The Balaban J connectivity index is 1.15. The summed E-state index contributed by atoms with van der Waals surface area (Å²) in [6.45, 7) is 2.94. The van der Waals surface area contributed by atoms with Crippen LogP contribution in [0.15, 0.2) is 29.6 Å². The topological polar surface area (TPSA) is 63.7 Å². The van der Waals surface area contributed by atoms with Crippen molar-refractivity contribution in [2.45, 2.75) is 95.4 Å². The van der Waals surface area contributed by atoms with Crippen molar-refractivity contribution < 1.29 is 44.9 Å². The molecule has 0 saturated heterocycles. The predicted molar refractivity (Wildman–Crippen MR) is 167 cm³/mol. The van der Waals surface area contributed by atoms with E-state index < -0.39 is 53.4 Å². The molecule has 2 saturated carbocycles. The smallest absolute Gasteiger partial charge is 0.410 e. The number of ketones is 1. The summed E-state index contributed by atoms with van der Waals surface area (Å²) in [5.41, 5.74) is 2.50. The van der Waals surface area contributed by atoms with Crippen LogP contribution >= 0.6 is 11.3 Å². The molecular weight excluding hydrogens is 664 g/mol. The number of nitrogens with zero attached hydrogens (tertiary/aromatic N) is 1. The Hall–Kier alpha value is -2.41. The second-order valence-corrected chi connectivity index (χ2v) is 16.5. The number of fused-ring (bicyclic) bond motifs is 6. The van der Waals surface area contributed by atoms with E-state index in [9.17, 15) is 40.1 Å². The van der Waals surface area contributed by atoms with Crippen LogP contribution in [-0.4, -0.2) is 57.3 Å². The molecule has 2 fully saturated rings. The van der Waals surface area contributed by atoms with E-state index in [1.807, 2.05) is 30.5 Å². The van der Waals surface area contributed by atoms with Gasteiger partial charge in [0.15, 0.2) is 12.0 Å². The summed E-state index contributed by atoms with van der Waals surface area (Å²) in [5.74, 6) is -4.88. The van der Waals surface area contributed by atoms with Crippen LogP contribution in [0.5, 0.6) is 5.75 Å². The fourth-order valence-electron chi connectivity index (χ4n) is 8.64. The Labute approximate surface area is 276 Å². The van der Waals surface area contributed by atoms with Gasteiger partial charge in [-0.2, -0.15) is 22.0 Å². The van der Waals surface area contributed by atoms with Crippen LogP contribution < -0.4 is 4.74 Å². The lowest BCUT2D eigenvalue weighted by Gasteiger charge is -2.51. The number of hydrogen-bond acceptors (Lipinski definition) is 5. The monoisotopic (exact) mass is 703 g/mol. The third kappa shape index (κ3) is 6.76. The summed E-state index contributed by atoms with van der Waals surface area (Å²) in [4.78, 5) is 29.0. The van der Waals surface area contributed by atoms with E-state index in [0.717, 1.165) is 23.1 Å². The molecule has 3 aliphatic carbocycles. The van der Waals surface area contributed by atoms with Crippen molar-refractivity contribution in [3.05, 3.63) is 51.2 Å². The first-order chi connectivity index (χ1) is 22.2. The molecule has 4 aliphatic rings. The lowest BCUT2D eigenvalue weighted by molar-refractivity contribution is -0.284. The van der Waals surface area contributed by atoms with Crippen molar-refractivity contribution in [1.82, 2.24) is 4.90 Å². The van der Waals surface area contributed by atoms with Crippen LogP contribution in [0.3, 0.4) is 0 Å². The second-order valence-electron chi connectivity index (χ2n) is 13.8. The Morgan fingerprint density at radius 3 is 2.66 bits per heavy atom. The highest BCUT2D eigenvalue weighted by atomic mass is 32.2. The highest BCUT2D eigenvalue weighted by Crippen LogP contribution is 2.62. The summed E-state index contributed by atoms with van der Waals surface area (Å²) in [5, 5.41) is 2.02. The molecule has 2 heterocycles. The summed E-state index contributed by atoms with van der Waals surface area (Å²) >= 11 is 1.69. The third-order valence-corrected chi connectivity index (χ3v) is 13.6. The zero-order chi connectivity index (χ0) is 33.7. The Kier molecular flexibility index (Phi) is 9.63. The fraction of sp³-hybridized carbons (Fsp3) is 0.647. The lowest BCUT2D eigenvalue weighted by atomic mass is 9.52. The van der Waals surface area contributed by atoms with Gasteiger partial charge in [-0.05, 0) is 115 Å². The van der Waals surface area contributed by atoms with E-state index in [2.05, 4.69) is 0 Å². The van der Waals surface area contributed by atoms with Crippen LogP contribution in [0.2, 0.25) is 0 Å². The first kappa shape index (κ1) is 34.5. The molecule has 1 aliphatic heterocycles. The van der Waals surface area contributed by atoms with E-state index in [0.29, 0.717) is 50.9 Å². The molecule has 0 bridgehead atoms. The number of carbonyl (C=O) groups excluding carboxylic acids is 2. The van der Waals surface area contributed by atoms with Gasteiger partial charge in [-0.25, -0.2) is 9.18 Å². The minimum absolute atomic E-state index is 0.00594. The molecule has 0 spiro atoms. The number of carbonyl (C=O) groups is 2. The summed E-state index contributed by atoms with van der Waals surface area (Å²) < 4.78 is 97.3. The molecule has 7 atom stereocenters. The molecule has 0 N–H and O–H groups in total. The van der Waals surface area contributed by atoms with E-state index in [1.54, 1.807) is 22.3 Å². The largest absolute Gasteiger partial charge is 0.453 e. The highest BCUT2D eigenvalue weighted by Gasteiger charge is 2.60. The molecule has 0 radical (unpaired) electrons. The van der Waals surface area contributed by atoms with E-state index in [4.69, 9.17) is 4.74 Å². The van der Waals surface area contributed by atoms with E-state index in [1.165, 1.54) is 4.88 Å². The molecule has 258 valence electrons. The fourth-order valence-corrected chi connectivity index (χ4v) is 10.7. The molecule has 1 aromatic heterocycles. The summed E-state index contributed by atoms with van der Waals surface area (Å²) in [6.07, 6.45) is -5.60. The number of alkyl halides is 6. The minimum atomic E-state index is -5.63. The Morgan fingerprint density at radius 2 is 1.89 bits per heavy atom. The summed E-state index contributed by atoms with van der Waals surface area (Å²) in [7, 11) is -1.57.